The molecule has 0 radical (unpaired) electrons. The summed E-state index contributed by atoms with van der Waals surface area (Å²) in [5.74, 6) is -0.152. The van der Waals surface area contributed by atoms with E-state index in [1.54, 1.807) is 12.1 Å². The van der Waals surface area contributed by atoms with E-state index in [4.69, 9.17) is 0 Å². The van der Waals surface area contributed by atoms with Gasteiger partial charge in [-0.3, -0.25) is 0 Å². The number of rotatable bonds is 6. The number of halogens is 1. The molecule has 112 valence electrons. The Morgan fingerprint density at radius 1 is 1.35 bits per heavy atom. The molecule has 1 fully saturated rings. The third-order valence-corrected chi connectivity index (χ3v) is 4.18. The number of benzene rings is 1. The Morgan fingerprint density at radius 3 is 2.75 bits per heavy atom. The molecule has 1 saturated heterocycles. The van der Waals surface area contributed by atoms with Crippen LogP contribution in [0.1, 0.15) is 50.6 Å². The van der Waals surface area contributed by atoms with Gasteiger partial charge in [0, 0.05) is 18.6 Å². The first-order chi connectivity index (χ1) is 9.69. The van der Waals surface area contributed by atoms with Crippen LogP contribution in [0.25, 0.3) is 0 Å². The van der Waals surface area contributed by atoms with Gasteiger partial charge in [-0.25, -0.2) is 4.39 Å². The predicted molar refractivity (Wildman–Crippen MR) is 82.3 cm³/mol. The van der Waals surface area contributed by atoms with Crippen LogP contribution in [-0.4, -0.2) is 31.1 Å². The van der Waals surface area contributed by atoms with Crippen LogP contribution in [0.4, 0.5) is 4.39 Å². The van der Waals surface area contributed by atoms with Crippen molar-refractivity contribution in [1.82, 2.24) is 10.2 Å². The van der Waals surface area contributed by atoms with E-state index in [1.165, 1.54) is 37.8 Å². The van der Waals surface area contributed by atoms with Gasteiger partial charge in [0.15, 0.2) is 0 Å². The molecule has 2 rings (SSSR count). The molecule has 0 bridgehead atoms. The third kappa shape index (κ3) is 4.57. The summed E-state index contributed by atoms with van der Waals surface area (Å²) >= 11 is 0. The molecular weight excluding hydrogens is 251 g/mol. The first-order valence-corrected chi connectivity index (χ1v) is 7.89. The lowest BCUT2D eigenvalue weighted by Crippen LogP contribution is -2.45. The van der Waals surface area contributed by atoms with E-state index in [0.29, 0.717) is 12.1 Å². The Balaban J connectivity index is 2.00. The second-order valence-corrected chi connectivity index (χ2v) is 6.01. The molecule has 1 heterocycles. The second-order valence-electron chi connectivity index (χ2n) is 6.01. The fourth-order valence-electron chi connectivity index (χ4n) is 3.04. The number of nitrogens with one attached hydrogen (secondary N) is 1. The number of likely N-dealkylation sites (N-methyl/N-ethyl adjacent to an activating group) is 1. The van der Waals surface area contributed by atoms with Gasteiger partial charge in [-0.2, -0.15) is 0 Å². The smallest absolute Gasteiger partial charge is 0.123 e. The molecule has 0 saturated carbocycles. The molecule has 2 atom stereocenters. The molecule has 0 spiro atoms. The molecule has 1 aromatic carbocycles. The molecule has 2 nitrogen and oxygen atoms in total. The van der Waals surface area contributed by atoms with E-state index in [1.807, 2.05) is 12.1 Å². The van der Waals surface area contributed by atoms with E-state index in [0.717, 1.165) is 13.0 Å². The lowest BCUT2D eigenvalue weighted by atomic mass is 9.98. The lowest BCUT2D eigenvalue weighted by Gasteiger charge is -2.33. The summed E-state index contributed by atoms with van der Waals surface area (Å²) in [7, 11) is 2.19. The highest BCUT2D eigenvalue weighted by atomic mass is 19.1. The van der Waals surface area contributed by atoms with Crippen LogP contribution >= 0.6 is 0 Å². The highest BCUT2D eigenvalue weighted by Crippen LogP contribution is 2.22. The maximum Gasteiger partial charge on any atom is 0.123 e. The van der Waals surface area contributed by atoms with Crippen LogP contribution in [0.3, 0.4) is 0 Å². The van der Waals surface area contributed by atoms with Crippen molar-refractivity contribution in [1.29, 1.82) is 0 Å². The van der Waals surface area contributed by atoms with Gasteiger partial charge in [0.05, 0.1) is 0 Å². The van der Waals surface area contributed by atoms with Crippen LogP contribution in [0.5, 0.6) is 0 Å². The SMILES string of the molecule is CCCCC(NC1CCCN(C)C1)c1ccc(F)cc1. The van der Waals surface area contributed by atoms with Gasteiger partial charge in [0.1, 0.15) is 5.82 Å². The molecule has 0 aliphatic carbocycles. The molecule has 0 amide bonds. The van der Waals surface area contributed by atoms with Crippen molar-refractivity contribution in [2.75, 3.05) is 20.1 Å². The van der Waals surface area contributed by atoms with Crippen molar-refractivity contribution >= 4 is 0 Å². The van der Waals surface area contributed by atoms with Crippen molar-refractivity contribution < 1.29 is 4.39 Å². The number of nitrogens with zero attached hydrogens (tertiary/aromatic N) is 1. The Hall–Kier alpha value is -0.930. The largest absolute Gasteiger partial charge is 0.306 e. The van der Waals surface area contributed by atoms with Crippen molar-refractivity contribution in [3.05, 3.63) is 35.6 Å². The van der Waals surface area contributed by atoms with Crippen molar-refractivity contribution in [3.8, 4) is 0 Å². The monoisotopic (exact) mass is 278 g/mol. The van der Waals surface area contributed by atoms with Gasteiger partial charge < -0.3 is 10.2 Å². The lowest BCUT2D eigenvalue weighted by molar-refractivity contribution is 0.213. The van der Waals surface area contributed by atoms with Gasteiger partial charge in [0.25, 0.3) is 0 Å². The van der Waals surface area contributed by atoms with E-state index < -0.39 is 0 Å². The molecule has 3 heteroatoms. The van der Waals surface area contributed by atoms with E-state index in [-0.39, 0.29) is 5.82 Å². The van der Waals surface area contributed by atoms with Crippen LogP contribution < -0.4 is 5.32 Å². The Labute approximate surface area is 122 Å². The minimum atomic E-state index is -0.152. The average Bonchev–Trinajstić information content (AvgIpc) is 2.44. The number of piperidine rings is 1. The standard InChI is InChI=1S/C17H27FN2/c1-3-4-7-17(14-8-10-15(18)11-9-14)19-16-6-5-12-20(2)13-16/h8-11,16-17,19H,3-7,12-13H2,1-2H3. The molecule has 0 aromatic heterocycles. The van der Waals surface area contributed by atoms with Crippen molar-refractivity contribution in [2.24, 2.45) is 0 Å². The van der Waals surface area contributed by atoms with Crippen molar-refractivity contribution in [2.45, 2.75) is 51.1 Å². The Morgan fingerprint density at radius 2 is 2.10 bits per heavy atom. The zero-order chi connectivity index (χ0) is 14.4. The summed E-state index contributed by atoms with van der Waals surface area (Å²) in [6, 6.07) is 7.91. The minimum absolute atomic E-state index is 0.152. The average molecular weight is 278 g/mol. The molecule has 1 aliphatic heterocycles. The highest BCUT2D eigenvalue weighted by molar-refractivity contribution is 5.20. The predicted octanol–water partition coefficient (Wildman–Crippen LogP) is 3.74. The fraction of sp³-hybridized carbons (Fsp3) is 0.647. The minimum Gasteiger partial charge on any atom is -0.306 e. The highest BCUT2D eigenvalue weighted by Gasteiger charge is 2.21. The normalized spacial score (nSPS) is 21.9. The summed E-state index contributed by atoms with van der Waals surface area (Å²) in [5.41, 5.74) is 1.22. The summed E-state index contributed by atoms with van der Waals surface area (Å²) in [4.78, 5) is 2.39. The number of hydrogen-bond donors (Lipinski definition) is 1. The van der Waals surface area contributed by atoms with Gasteiger partial charge >= 0.3 is 0 Å². The molecule has 1 N–H and O–H groups in total. The van der Waals surface area contributed by atoms with Crippen LogP contribution in [0.15, 0.2) is 24.3 Å². The topological polar surface area (TPSA) is 15.3 Å². The first-order valence-electron chi connectivity index (χ1n) is 7.89. The van der Waals surface area contributed by atoms with Crippen LogP contribution in [0, 0.1) is 5.82 Å². The summed E-state index contributed by atoms with van der Waals surface area (Å²) in [5, 5.41) is 3.79. The van der Waals surface area contributed by atoms with Gasteiger partial charge in [-0.1, -0.05) is 31.9 Å². The van der Waals surface area contributed by atoms with E-state index >= 15 is 0 Å². The van der Waals surface area contributed by atoms with Crippen LogP contribution in [-0.2, 0) is 0 Å². The Bertz CT molecular complexity index is 390. The molecule has 20 heavy (non-hydrogen) atoms. The van der Waals surface area contributed by atoms with Crippen LogP contribution in [0.2, 0.25) is 0 Å². The van der Waals surface area contributed by atoms with Gasteiger partial charge in [-0.15, -0.1) is 0 Å². The fourth-order valence-corrected chi connectivity index (χ4v) is 3.04. The molecule has 2 unspecified atom stereocenters. The summed E-state index contributed by atoms with van der Waals surface area (Å²) in [6.45, 7) is 4.54. The number of likely N-dealkylation sites (tertiary alicyclic amines) is 1. The zero-order valence-corrected chi connectivity index (χ0v) is 12.7. The number of hydrogen-bond acceptors (Lipinski definition) is 2. The van der Waals surface area contributed by atoms with Gasteiger partial charge in [-0.05, 0) is 50.6 Å². The van der Waals surface area contributed by atoms with Crippen molar-refractivity contribution in [3.63, 3.8) is 0 Å². The number of unbranched alkanes of at least 4 members (excludes halogenated alkanes) is 1. The summed E-state index contributed by atoms with van der Waals surface area (Å²) in [6.07, 6.45) is 6.04. The maximum absolute atomic E-state index is 13.1. The zero-order valence-electron chi connectivity index (χ0n) is 12.7. The quantitative estimate of drug-likeness (QED) is 0.852. The molecule has 1 aliphatic rings. The first kappa shape index (κ1) is 15.5. The molecule has 1 aromatic rings. The maximum atomic E-state index is 13.1. The third-order valence-electron chi connectivity index (χ3n) is 4.18. The van der Waals surface area contributed by atoms with Gasteiger partial charge in [0.2, 0.25) is 0 Å². The van der Waals surface area contributed by atoms with E-state index in [2.05, 4.69) is 24.2 Å². The summed E-state index contributed by atoms with van der Waals surface area (Å²) < 4.78 is 13.1. The molecular formula is C17H27FN2. The Kier molecular flexibility index (Phi) is 5.99. The van der Waals surface area contributed by atoms with E-state index in [9.17, 15) is 4.39 Å². The second kappa shape index (κ2) is 7.75.